The van der Waals surface area contributed by atoms with Crippen LogP contribution >= 0.6 is 11.8 Å². The van der Waals surface area contributed by atoms with E-state index < -0.39 is 0 Å². The number of nitriles is 1. The maximum absolute atomic E-state index is 9.00. The molecule has 1 N–H and O–H groups in total. The van der Waals surface area contributed by atoms with Gasteiger partial charge in [-0.1, -0.05) is 44.0 Å². The predicted molar refractivity (Wildman–Crippen MR) is 100 cm³/mol. The van der Waals surface area contributed by atoms with E-state index in [1.165, 1.54) is 6.33 Å². The Kier molecular flexibility index (Phi) is 4.59. The summed E-state index contributed by atoms with van der Waals surface area (Å²) in [5.41, 5.74) is 3.87. The molecule has 1 aliphatic heterocycles. The van der Waals surface area contributed by atoms with Crippen molar-refractivity contribution in [1.29, 1.82) is 5.26 Å². The van der Waals surface area contributed by atoms with Crippen LogP contribution in [0.5, 0.6) is 0 Å². The van der Waals surface area contributed by atoms with Gasteiger partial charge in [-0.15, -0.1) is 0 Å². The van der Waals surface area contributed by atoms with E-state index in [-0.39, 0.29) is 13.5 Å². The molecule has 5 nitrogen and oxygen atoms in total. The van der Waals surface area contributed by atoms with Gasteiger partial charge in [0, 0.05) is 4.90 Å². The number of nitrogens with one attached hydrogen (secondary N) is 1. The summed E-state index contributed by atoms with van der Waals surface area (Å²) in [6.07, 6.45) is 3.24. The summed E-state index contributed by atoms with van der Waals surface area (Å²) in [6.45, 7) is 3.96. The molecule has 1 aromatic heterocycles. The van der Waals surface area contributed by atoms with E-state index >= 15 is 0 Å². The highest BCUT2D eigenvalue weighted by atomic mass is 32.2. The van der Waals surface area contributed by atoms with Crippen LogP contribution in [0.25, 0.3) is 0 Å². The highest BCUT2D eigenvalue weighted by molar-refractivity contribution is 8.03. The summed E-state index contributed by atoms with van der Waals surface area (Å²) in [5, 5.41) is 17.5. The highest BCUT2D eigenvalue weighted by Gasteiger charge is 2.21. The summed E-state index contributed by atoms with van der Waals surface area (Å²) >= 11 is 1.63. The Morgan fingerprint density at radius 1 is 1.16 bits per heavy atom. The average molecular weight is 347 g/mol. The lowest BCUT2D eigenvalue weighted by Gasteiger charge is -2.19. The Morgan fingerprint density at radius 2 is 1.92 bits per heavy atom. The molecule has 4 rings (SSSR count). The van der Waals surface area contributed by atoms with Crippen LogP contribution in [-0.2, 0) is 0 Å². The van der Waals surface area contributed by atoms with Crippen LogP contribution in [0.1, 0.15) is 30.2 Å². The summed E-state index contributed by atoms with van der Waals surface area (Å²) < 4.78 is 1.82. The molecule has 3 aromatic rings. The highest BCUT2D eigenvalue weighted by Crippen LogP contribution is 2.42. The van der Waals surface area contributed by atoms with Crippen molar-refractivity contribution in [3.63, 3.8) is 0 Å². The number of rotatable bonds is 3. The first-order valence-electron chi connectivity index (χ1n) is 7.36. The Hall–Kier alpha value is -3.04. The minimum absolute atomic E-state index is 0. The maximum atomic E-state index is 9.00. The van der Waals surface area contributed by atoms with Crippen molar-refractivity contribution in [1.82, 2.24) is 14.8 Å². The van der Waals surface area contributed by atoms with Gasteiger partial charge in [0.1, 0.15) is 18.7 Å². The van der Waals surface area contributed by atoms with Gasteiger partial charge in [0.05, 0.1) is 22.3 Å². The van der Waals surface area contributed by atoms with E-state index in [0.717, 1.165) is 26.7 Å². The summed E-state index contributed by atoms with van der Waals surface area (Å²) in [7, 11) is 0. The predicted octanol–water partition coefficient (Wildman–Crippen LogP) is 4.41. The number of nitrogens with zero attached hydrogens (tertiary/aromatic N) is 4. The molecule has 0 radical (unpaired) electrons. The molecule has 6 heteroatoms. The molecule has 0 amide bonds. The number of aromatic nitrogens is 3. The van der Waals surface area contributed by atoms with Crippen molar-refractivity contribution in [2.75, 3.05) is 5.32 Å². The molecule has 0 bridgehead atoms. The zero-order valence-electron chi connectivity index (χ0n) is 12.7. The average Bonchev–Trinajstić information content (AvgIpc) is 3.24. The van der Waals surface area contributed by atoms with Gasteiger partial charge >= 0.3 is 0 Å². The molecular weight excluding hydrogens is 330 g/mol. The van der Waals surface area contributed by atoms with Crippen LogP contribution in [0.3, 0.4) is 0 Å². The Bertz CT molecular complexity index is 939. The molecule has 0 aliphatic carbocycles. The van der Waals surface area contributed by atoms with Crippen LogP contribution < -0.4 is 5.32 Å². The molecule has 124 valence electrons. The zero-order valence-corrected chi connectivity index (χ0v) is 13.5. The fourth-order valence-electron chi connectivity index (χ4n) is 2.79. The first-order valence-corrected chi connectivity index (χ1v) is 8.18. The lowest BCUT2D eigenvalue weighted by Crippen LogP contribution is -2.13. The van der Waals surface area contributed by atoms with Crippen LogP contribution in [0.2, 0.25) is 0 Å². The van der Waals surface area contributed by atoms with Crippen LogP contribution in [0.4, 0.5) is 5.69 Å². The number of thioether (sulfide) groups is 1. The number of hydrogen-bond donors (Lipinski definition) is 1. The molecule has 0 spiro atoms. The SMILES string of the molecule is C.C=C1Nc2ccc(C(c3ccc(C#N)cc3)n3cncn3)cc2S1. The quantitative estimate of drug-likeness (QED) is 0.760. The largest absolute Gasteiger partial charge is 0.350 e. The van der Waals surface area contributed by atoms with E-state index in [2.05, 4.69) is 46.2 Å². The van der Waals surface area contributed by atoms with Gasteiger partial charge in [0.15, 0.2) is 0 Å². The number of hydrogen-bond acceptors (Lipinski definition) is 5. The van der Waals surface area contributed by atoms with E-state index in [1.54, 1.807) is 18.1 Å². The van der Waals surface area contributed by atoms with Crippen LogP contribution in [0, 0.1) is 11.3 Å². The molecule has 0 saturated carbocycles. The molecular formula is C19H17N5S. The number of fused-ring (bicyclic) bond motifs is 1. The van der Waals surface area contributed by atoms with Gasteiger partial charge in [-0.2, -0.15) is 10.4 Å². The lowest BCUT2D eigenvalue weighted by atomic mass is 9.97. The molecule has 25 heavy (non-hydrogen) atoms. The number of anilines is 1. The zero-order chi connectivity index (χ0) is 16.5. The topological polar surface area (TPSA) is 66.5 Å². The molecule has 0 saturated heterocycles. The fraction of sp³-hybridized carbons (Fsp3) is 0.105. The molecule has 2 aromatic carbocycles. The maximum Gasteiger partial charge on any atom is 0.137 e. The van der Waals surface area contributed by atoms with Crippen LogP contribution in [-0.4, -0.2) is 14.8 Å². The second-order valence-electron chi connectivity index (χ2n) is 5.42. The van der Waals surface area contributed by atoms with Gasteiger partial charge in [-0.3, -0.25) is 0 Å². The third-order valence-corrected chi connectivity index (χ3v) is 4.79. The molecule has 1 aliphatic rings. The second-order valence-corrected chi connectivity index (χ2v) is 6.55. The summed E-state index contributed by atoms with van der Waals surface area (Å²) in [6, 6.07) is 15.9. The summed E-state index contributed by atoms with van der Waals surface area (Å²) in [4.78, 5) is 5.23. The van der Waals surface area contributed by atoms with E-state index in [4.69, 9.17) is 5.26 Å². The first-order chi connectivity index (χ1) is 11.7. The minimum atomic E-state index is -0.0972. The third-order valence-electron chi connectivity index (χ3n) is 3.89. The lowest BCUT2D eigenvalue weighted by molar-refractivity contribution is 0.593. The molecule has 1 atom stereocenters. The van der Waals surface area contributed by atoms with Crippen molar-refractivity contribution in [2.45, 2.75) is 18.4 Å². The Morgan fingerprint density at radius 3 is 2.60 bits per heavy atom. The second kappa shape index (κ2) is 6.83. The number of benzene rings is 2. The van der Waals surface area contributed by atoms with Gasteiger partial charge in [-0.05, 0) is 35.4 Å². The smallest absolute Gasteiger partial charge is 0.137 e. The standard InChI is InChI=1S/C18H13N5S.CH4/c1-12-22-16-7-6-15(8-17(16)24-12)18(23-11-20-10-21-23)14-4-2-13(9-19)3-5-14;/h2-8,10-11,18,22H,1H2;1H4. The summed E-state index contributed by atoms with van der Waals surface area (Å²) in [5.74, 6) is 0. The van der Waals surface area contributed by atoms with Crippen molar-refractivity contribution in [3.05, 3.63) is 83.4 Å². The monoisotopic (exact) mass is 347 g/mol. The van der Waals surface area contributed by atoms with Crippen molar-refractivity contribution in [2.24, 2.45) is 0 Å². The fourth-order valence-corrected chi connectivity index (χ4v) is 3.64. The minimum Gasteiger partial charge on any atom is -0.350 e. The van der Waals surface area contributed by atoms with Crippen molar-refractivity contribution >= 4 is 17.4 Å². The van der Waals surface area contributed by atoms with E-state index in [0.29, 0.717) is 5.56 Å². The van der Waals surface area contributed by atoms with Crippen molar-refractivity contribution in [3.8, 4) is 6.07 Å². The van der Waals surface area contributed by atoms with E-state index in [9.17, 15) is 0 Å². The Labute approximate surface area is 151 Å². The van der Waals surface area contributed by atoms with Crippen LogP contribution in [0.15, 0.2) is 71.6 Å². The third kappa shape index (κ3) is 3.14. The molecule has 2 heterocycles. The van der Waals surface area contributed by atoms with Gasteiger partial charge in [-0.25, -0.2) is 9.67 Å². The van der Waals surface area contributed by atoms with E-state index in [1.807, 2.05) is 28.9 Å². The molecule has 0 fully saturated rings. The Balaban J connectivity index is 0.00000182. The van der Waals surface area contributed by atoms with Gasteiger partial charge in [0.25, 0.3) is 0 Å². The molecule has 1 unspecified atom stereocenters. The van der Waals surface area contributed by atoms with Gasteiger partial charge in [0.2, 0.25) is 0 Å². The van der Waals surface area contributed by atoms with Gasteiger partial charge < -0.3 is 5.32 Å². The normalized spacial score (nSPS) is 13.3. The van der Waals surface area contributed by atoms with Crippen molar-refractivity contribution < 1.29 is 0 Å². The first kappa shape index (κ1) is 16.8.